The van der Waals surface area contributed by atoms with Gasteiger partial charge in [0.05, 0.1) is 0 Å². The molecule has 0 amide bonds. The summed E-state index contributed by atoms with van der Waals surface area (Å²) in [5.41, 5.74) is 0.165. The molecule has 2 aromatic rings. The largest absolute Gasteiger partial charge is 0.478 e. The van der Waals surface area contributed by atoms with Crippen molar-refractivity contribution < 1.29 is 32.2 Å². The van der Waals surface area contributed by atoms with Crippen LogP contribution in [0, 0.1) is 0 Å². The van der Waals surface area contributed by atoms with Crippen molar-refractivity contribution in [3.8, 4) is 0 Å². The van der Waals surface area contributed by atoms with Crippen molar-refractivity contribution >= 4 is 17.1 Å². The molecule has 0 unspecified atom stereocenters. The van der Waals surface area contributed by atoms with E-state index in [4.69, 9.17) is 9.52 Å². The molecule has 2 rings (SSSR count). The summed E-state index contributed by atoms with van der Waals surface area (Å²) in [5.74, 6) is -1.31. The van der Waals surface area contributed by atoms with Gasteiger partial charge in [-0.15, -0.1) is 0 Å². The maximum atomic E-state index is 11.9. The molecule has 0 radical (unpaired) electrons. The molecule has 0 fully saturated rings. The lowest BCUT2D eigenvalue weighted by Gasteiger charge is -2.04. The Morgan fingerprint density at radius 2 is 2.16 bits per heavy atom. The number of alkyl halides is 3. The van der Waals surface area contributed by atoms with Gasteiger partial charge in [0.1, 0.15) is 24.3 Å². The first-order valence-electron chi connectivity index (χ1n) is 5.13. The second-order valence-corrected chi connectivity index (χ2v) is 3.67. The lowest BCUT2D eigenvalue weighted by Crippen LogP contribution is -2.16. The molecule has 8 heteroatoms. The first-order valence-corrected chi connectivity index (χ1v) is 5.13. The fourth-order valence-electron chi connectivity index (χ4n) is 1.48. The summed E-state index contributed by atoms with van der Waals surface area (Å²) in [4.78, 5) is 14.8. The number of halogens is 3. The summed E-state index contributed by atoms with van der Waals surface area (Å²) in [6.07, 6.45) is -4.43. The molecule has 0 bridgehead atoms. The molecule has 102 valence electrons. The number of aromatic carboxylic acids is 1. The number of carbonyl (C=O) groups is 1. The van der Waals surface area contributed by atoms with E-state index >= 15 is 0 Å². The lowest BCUT2D eigenvalue weighted by molar-refractivity contribution is -0.177. The van der Waals surface area contributed by atoms with Crippen molar-refractivity contribution in [3.63, 3.8) is 0 Å². The van der Waals surface area contributed by atoms with E-state index < -0.39 is 25.4 Å². The number of para-hydroxylation sites is 1. The topological polar surface area (TPSA) is 72.6 Å². The van der Waals surface area contributed by atoms with E-state index in [0.29, 0.717) is 0 Å². The molecule has 1 N–H and O–H groups in total. The van der Waals surface area contributed by atoms with Gasteiger partial charge < -0.3 is 14.3 Å². The molecular weight excluding hydrogens is 267 g/mol. The Hall–Kier alpha value is -2.09. The average Bonchev–Trinajstić information content (AvgIpc) is 2.68. The SMILES string of the molecule is O=C(O)c1cccc2nc(COCC(F)(F)F)oc12. The second-order valence-electron chi connectivity index (χ2n) is 3.67. The van der Waals surface area contributed by atoms with E-state index in [-0.39, 0.29) is 22.6 Å². The summed E-state index contributed by atoms with van der Waals surface area (Å²) < 4.78 is 45.1. The lowest BCUT2D eigenvalue weighted by atomic mass is 10.2. The first-order chi connectivity index (χ1) is 8.87. The zero-order valence-electron chi connectivity index (χ0n) is 9.40. The van der Waals surface area contributed by atoms with Crippen molar-refractivity contribution in [1.82, 2.24) is 4.98 Å². The maximum absolute atomic E-state index is 11.9. The molecular formula is C11H8F3NO4. The summed E-state index contributed by atoms with van der Waals surface area (Å²) in [6.45, 7) is -1.90. The Morgan fingerprint density at radius 1 is 1.42 bits per heavy atom. The predicted molar refractivity (Wildman–Crippen MR) is 56.7 cm³/mol. The van der Waals surface area contributed by atoms with E-state index in [1.807, 2.05) is 0 Å². The number of ether oxygens (including phenoxy) is 1. The quantitative estimate of drug-likeness (QED) is 0.928. The highest BCUT2D eigenvalue weighted by atomic mass is 19.4. The summed E-state index contributed by atoms with van der Waals surface area (Å²) in [7, 11) is 0. The first kappa shape index (κ1) is 13.3. The molecule has 0 aliphatic rings. The van der Waals surface area contributed by atoms with Crippen LogP contribution in [0.1, 0.15) is 16.2 Å². The Bertz CT molecular complexity index is 605. The fraction of sp³-hybridized carbons (Fsp3) is 0.273. The number of benzene rings is 1. The van der Waals surface area contributed by atoms with E-state index in [0.717, 1.165) is 0 Å². The van der Waals surface area contributed by atoms with Gasteiger partial charge in [-0.05, 0) is 12.1 Å². The molecule has 19 heavy (non-hydrogen) atoms. The molecule has 0 spiro atoms. The molecule has 0 saturated carbocycles. The van der Waals surface area contributed by atoms with Crippen LogP contribution in [0.4, 0.5) is 13.2 Å². The molecule has 0 saturated heterocycles. The van der Waals surface area contributed by atoms with E-state index in [2.05, 4.69) is 9.72 Å². The predicted octanol–water partition coefficient (Wildman–Crippen LogP) is 2.60. The smallest absolute Gasteiger partial charge is 0.411 e. The zero-order chi connectivity index (χ0) is 14.0. The van der Waals surface area contributed by atoms with Gasteiger partial charge in [-0.1, -0.05) is 6.07 Å². The maximum Gasteiger partial charge on any atom is 0.411 e. The van der Waals surface area contributed by atoms with Crippen LogP contribution in [-0.4, -0.2) is 28.8 Å². The fourth-order valence-corrected chi connectivity index (χ4v) is 1.48. The Balaban J connectivity index is 2.18. The average molecular weight is 275 g/mol. The van der Waals surface area contributed by atoms with Gasteiger partial charge in [-0.2, -0.15) is 13.2 Å². The number of oxazole rings is 1. The second kappa shape index (κ2) is 4.88. The third-order valence-electron chi connectivity index (χ3n) is 2.18. The van der Waals surface area contributed by atoms with Crippen LogP contribution < -0.4 is 0 Å². The van der Waals surface area contributed by atoms with Gasteiger partial charge in [0.2, 0.25) is 5.89 Å². The third-order valence-corrected chi connectivity index (χ3v) is 2.18. The number of hydrogen-bond donors (Lipinski definition) is 1. The van der Waals surface area contributed by atoms with Crippen LogP contribution in [0.2, 0.25) is 0 Å². The van der Waals surface area contributed by atoms with Gasteiger partial charge in [0.15, 0.2) is 5.58 Å². The van der Waals surface area contributed by atoms with Gasteiger partial charge in [0.25, 0.3) is 0 Å². The number of aromatic nitrogens is 1. The minimum atomic E-state index is -4.43. The summed E-state index contributed by atoms with van der Waals surface area (Å²) in [6, 6.07) is 4.28. The Morgan fingerprint density at radius 3 is 2.79 bits per heavy atom. The molecule has 0 aliphatic carbocycles. The minimum Gasteiger partial charge on any atom is -0.478 e. The van der Waals surface area contributed by atoms with E-state index in [1.165, 1.54) is 18.2 Å². The van der Waals surface area contributed by atoms with Gasteiger partial charge >= 0.3 is 12.1 Å². The highest BCUT2D eigenvalue weighted by Gasteiger charge is 2.27. The normalized spacial score (nSPS) is 11.9. The van der Waals surface area contributed by atoms with Gasteiger partial charge in [-0.3, -0.25) is 0 Å². The van der Waals surface area contributed by atoms with Crippen LogP contribution in [0.25, 0.3) is 11.1 Å². The van der Waals surface area contributed by atoms with Crippen LogP contribution in [0.5, 0.6) is 0 Å². The number of carboxylic acids is 1. The molecule has 5 nitrogen and oxygen atoms in total. The summed E-state index contributed by atoms with van der Waals surface area (Å²) >= 11 is 0. The third kappa shape index (κ3) is 3.22. The molecule has 0 atom stereocenters. The van der Waals surface area contributed by atoms with Crippen LogP contribution in [-0.2, 0) is 11.3 Å². The monoisotopic (exact) mass is 275 g/mol. The number of carboxylic acid groups (broad SMARTS) is 1. The molecule has 0 aliphatic heterocycles. The Kier molecular flexibility index (Phi) is 3.43. The van der Waals surface area contributed by atoms with Gasteiger partial charge in [-0.25, -0.2) is 9.78 Å². The number of fused-ring (bicyclic) bond motifs is 1. The number of rotatable bonds is 4. The minimum absolute atomic E-state index is 0.0145. The highest BCUT2D eigenvalue weighted by Crippen LogP contribution is 2.21. The van der Waals surface area contributed by atoms with Crippen LogP contribution >= 0.6 is 0 Å². The summed E-state index contributed by atoms with van der Waals surface area (Å²) in [5, 5.41) is 8.91. The van der Waals surface area contributed by atoms with Crippen LogP contribution in [0.15, 0.2) is 22.6 Å². The van der Waals surface area contributed by atoms with E-state index in [9.17, 15) is 18.0 Å². The van der Waals surface area contributed by atoms with Gasteiger partial charge in [0, 0.05) is 0 Å². The number of hydrogen-bond acceptors (Lipinski definition) is 4. The molecule has 1 aromatic heterocycles. The van der Waals surface area contributed by atoms with Crippen molar-refractivity contribution in [2.24, 2.45) is 0 Å². The van der Waals surface area contributed by atoms with Crippen molar-refractivity contribution in [2.45, 2.75) is 12.8 Å². The highest BCUT2D eigenvalue weighted by molar-refractivity contribution is 5.99. The molecule has 1 heterocycles. The van der Waals surface area contributed by atoms with E-state index in [1.54, 1.807) is 0 Å². The van der Waals surface area contributed by atoms with Crippen LogP contribution in [0.3, 0.4) is 0 Å². The molecule has 1 aromatic carbocycles. The van der Waals surface area contributed by atoms with Crippen molar-refractivity contribution in [2.75, 3.05) is 6.61 Å². The Labute approximate surface area is 104 Å². The van der Waals surface area contributed by atoms with Crippen molar-refractivity contribution in [3.05, 3.63) is 29.7 Å². The zero-order valence-corrected chi connectivity index (χ0v) is 9.40. The van der Waals surface area contributed by atoms with Crippen molar-refractivity contribution in [1.29, 1.82) is 0 Å². The standard InChI is InChI=1S/C11H8F3NO4/c12-11(13,14)5-18-4-8-15-7-3-1-2-6(10(16)17)9(7)19-8/h1-3H,4-5H2,(H,16,17). The number of nitrogens with zero attached hydrogens (tertiary/aromatic N) is 1.